The molecular weight excluding hydrogens is 486 g/mol. The van der Waals surface area contributed by atoms with Crippen LogP contribution >= 0.6 is 0 Å². The topological polar surface area (TPSA) is 118 Å². The summed E-state index contributed by atoms with van der Waals surface area (Å²) in [7, 11) is -3.15. The van der Waals surface area contributed by atoms with E-state index in [9.17, 15) is 20.1 Å². The molecule has 10 heteroatoms. The van der Waals surface area contributed by atoms with E-state index >= 15 is 0 Å². The van der Waals surface area contributed by atoms with Gasteiger partial charge in [-0.15, -0.1) is 0 Å². The van der Waals surface area contributed by atoms with E-state index in [0.717, 1.165) is 32.7 Å². The number of hydrogen-bond acceptors (Lipinski definition) is 8. The van der Waals surface area contributed by atoms with Crippen LogP contribution in [-0.2, 0) is 32.2 Å². The van der Waals surface area contributed by atoms with E-state index in [1.165, 1.54) is 0 Å². The molecule has 8 nitrogen and oxygen atoms in total. The summed E-state index contributed by atoms with van der Waals surface area (Å²) in [5.74, 6) is 0. The molecule has 0 amide bonds. The first kappa shape index (κ1) is 28.2. The summed E-state index contributed by atoms with van der Waals surface area (Å²) >= 11 is 0. The Hall–Kier alpha value is -2.79. The molecule has 0 radical (unpaired) electrons. The van der Waals surface area contributed by atoms with Gasteiger partial charge in [0.05, 0.1) is 52.9 Å². The van der Waals surface area contributed by atoms with Gasteiger partial charge in [0.1, 0.15) is 0 Å². The highest BCUT2D eigenvalue weighted by Gasteiger charge is 2.20. The fraction of sp³-hybridized carbons (Fsp3) is 0.286. The zero-order valence-electron chi connectivity index (χ0n) is 21.2. The van der Waals surface area contributed by atoms with E-state index in [0.29, 0.717) is 50.6 Å². The standard InChI is InChI=1S/C28H32B2O8/c31-29(32)27-23(11-9-21-5-1-3-7-25(21)27)19-37-17-15-35-13-14-36-16-18-38-20-24-12-10-22-6-2-4-8-26(22)28(24)30(33)34/h1-12,31-34H,13-20H2. The first-order valence-corrected chi connectivity index (χ1v) is 12.6. The van der Waals surface area contributed by atoms with Crippen molar-refractivity contribution in [1.29, 1.82) is 0 Å². The number of hydrogen-bond donors (Lipinski definition) is 4. The van der Waals surface area contributed by atoms with E-state index in [1.807, 2.05) is 72.8 Å². The normalized spacial score (nSPS) is 11.4. The fourth-order valence-corrected chi connectivity index (χ4v) is 4.46. The molecule has 0 spiro atoms. The van der Waals surface area contributed by atoms with Crippen molar-refractivity contribution in [2.75, 3.05) is 39.6 Å². The molecule has 0 unspecified atom stereocenters. The summed E-state index contributed by atoms with van der Waals surface area (Å²) in [6, 6.07) is 22.7. The summed E-state index contributed by atoms with van der Waals surface area (Å²) in [6.07, 6.45) is 0. The molecular formula is C28H32B2O8. The van der Waals surface area contributed by atoms with Crippen molar-refractivity contribution in [3.8, 4) is 0 Å². The molecule has 4 aromatic rings. The van der Waals surface area contributed by atoms with Gasteiger partial charge in [-0.1, -0.05) is 72.8 Å². The zero-order valence-corrected chi connectivity index (χ0v) is 21.2. The number of ether oxygens (including phenoxy) is 4. The molecule has 4 rings (SSSR count). The van der Waals surface area contributed by atoms with Gasteiger partial charge in [-0.2, -0.15) is 0 Å². The molecule has 198 valence electrons. The van der Waals surface area contributed by atoms with Gasteiger partial charge in [0.15, 0.2) is 0 Å². The average molecular weight is 518 g/mol. The maximum atomic E-state index is 9.84. The van der Waals surface area contributed by atoms with Crippen LogP contribution in [0.15, 0.2) is 72.8 Å². The van der Waals surface area contributed by atoms with Gasteiger partial charge in [-0.3, -0.25) is 0 Å². The lowest BCUT2D eigenvalue weighted by Gasteiger charge is -2.13. The highest BCUT2D eigenvalue weighted by Crippen LogP contribution is 2.16. The first-order valence-electron chi connectivity index (χ1n) is 12.6. The van der Waals surface area contributed by atoms with Crippen LogP contribution in [0.5, 0.6) is 0 Å². The highest BCUT2D eigenvalue weighted by molar-refractivity contribution is 6.63. The summed E-state index contributed by atoms with van der Waals surface area (Å²) in [5.41, 5.74) is 2.38. The van der Waals surface area contributed by atoms with Crippen molar-refractivity contribution >= 4 is 46.7 Å². The minimum atomic E-state index is -1.58. The number of benzene rings is 4. The van der Waals surface area contributed by atoms with Crippen LogP contribution in [0.1, 0.15) is 11.1 Å². The smallest absolute Gasteiger partial charge is 0.423 e. The minimum absolute atomic E-state index is 0.251. The minimum Gasteiger partial charge on any atom is -0.423 e. The van der Waals surface area contributed by atoms with Crippen molar-refractivity contribution in [3.63, 3.8) is 0 Å². The van der Waals surface area contributed by atoms with Gasteiger partial charge in [0, 0.05) is 0 Å². The van der Waals surface area contributed by atoms with E-state index < -0.39 is 14.2 Å². The molecule has 0 atom stereocenters. The third-order valence-electron chi connectivity index (χ3n) is 6.27. The van der Waals surface area contributed by atoms with Crippen molar-refractivity contribution in [2.45, 2.75) is 13.2 Å². The molecule has 0 bridgehead atoms. The van der Waals surface area contributed by atoms with Crippen molar-refractivity contribution in [1.82, 2.24) is 0 Å². The zero-order chi connectivity index (χ0) is 26.7. The Morgan fingerprint density at radius 3 is 1.21 bits per heavy atom. The van der Waals surface area contributed by atoms with Gasteiger partial charge in [0.2, 0.25) is 0 Å². The maximum absolute atomic E-state index is 9.84. The molecule has 0 aliphatic heterocycles. The fourth-order valence-electron chi connectivity index (χ4n) is 4.46. The van der Waals surface area contributed by atoms with Gasteiger partial charge in [0.25, 0.3) is 0 Å². The molecule has 0 aliphatic carbocycles. The molecule has 38 heavy (non-hydrogen) atoms. The Balaban J connectivity index is 1.08. The Morgan fingerprint density at radius 1 is 0.447 bits per heavy atom. The lowest BCUT2D eigenvalue weighted by molar-refractivity contribution is -0.00606. The highest BCUT2D eigenvalue weighted by atomic mass is 16.6. The van der Waals surface area contributed by atoms with Crippen LogP contribution in [0, 0.1) is 0 Å². The molecule has 0 fully saturated rings. The molecule has 0 aliphatic rings. The predicted molar refractivity (Wildman–Crippen MR) is 148 cm³/mol. The van der Waals surface area contributed by atoms with E-state index in [-0.39, 0.29) is 13.2 Å². The van der Waals surface area contributed by atoms with Crippen molar-refractivity contribution in [2.24, 2.45) is 0 Å². The summed E-state index contributed by atoms with van der Waals surface area (Å²) < 4.78 is 22.4. The second-order valence-corrected chi connectivity index (χ2v) is 8.80. The Kier molecular flexibility index (Phi) is 10.7. The van der Waals surface area contributed by atoms with Crippen LogP contribution in [0.3, 0.4) is 0 Å². The maximum Gasteiger partial charge on any atom is 0.489 e. The second-order valence-electron chi connectivity index (χ2n) is 8.80. The van der Waals surface area contributed by atoms with Crippen molar-refractivity contribution in [3.05, 3.63) is 83.9 Å². The van der Waals surface area contributed by atoms with E-state index in [4.69, 9.17) is 18.9 Å². The molecule has 0 heterocycles. The van der Waals surface area contributed by atoms with E-state index in [2.05, 4.69) is 0 Å². The van der Waals surface area contributed by atoms with Crippen LogP contribution in [0.2, 0.25) is 0 Å². The first-order chi connectivity index (χ1) is 18.6. The summed E-state index contributed by atoms with van der Waals surface area (Å²) in [6.45, 7) is 2.82. The molecule has 0 saturated carbocycles. The van der Waals surface area contributed by atoms with Crippen LogP contribution in [0.4, 0.5) is 0 Å². The van der Waals surface area contributed by atoms with Crippen LogP contribution in [0.25, 0.3) is 21.5 Å². The second kappa shape index (κ2) is 14.4. The van der Waals surface area contributed by atoms with Gasteiger partial charge >= 0.3 is 14.2 Å². The summed E-state index contributed by atoms with van der Waals surface area (Å²) in [4.78, 5) is 0. The SMILES string of the molecule is OB(O)c1c(COCCOCCOCCOCc2ccc3ccccc3c2B(O)O)ccc2ccccc12. The number of fused-ring (bicyclic) bond motifs is 2. The Labute approximate surface area is 222 Å². The average Bonchev–Trinajstić information content (AvgIpc) is 2.92. The van der Waals surface area contributed by atoms with Crippen LogP contribution < -0.4 is 10.9 Å². The largest absolute Gasteiger partial charge is 0.489 e. The van der Waals surface area contributed by atoms with E-state index in [1.54, 1.807) is 0 Å². The predicted octanol–water partition coefficient (Wildman–Crippen LogP) is 1.12. The molecule has 0 aromatic heterocycles. The Morgan fingerprint density at radius 2 is 0.816 bits per heavy atom. The lowest BCUT2D eigenvalue weighted by Crippen LogP contribution is -2.34. The quantitative estimate of drug-likeness (QED) is 0.137. The monoisotopic (exact) mass is 518 g/mol. The third-order valence-corrected chi connectivity index (χ3v) is 6.27. The molecule has 0 saturated heterocycles. The Bertz CT molecular complexity index is 1210. The van der Waals surface area contributed by atoms with Gasteiger partial charge < -0.3 is 39.0 Å². The lowest BCUT2D eigenvalue weighted by atomic mass is 9.74. The van der Waals surface area contributed by atoms with Gasteiger partial charge in [-0.25, -0.2) is 0 Å². The van der Waals surface area contributed by atoms with Gasteiger partial charge in [-0.05, 0) is 43.6 Å². The molecule has 4 N–H and O–H groups in total. The summed E-state index contributed by atoms with van der Waals surface area (Å²) in [5, 5.41) is 42.8. The molecule has 4 aromatic carbocycles. The number of rotatable bonds is 15. The third kappa shape index (κ3) is 7.41. The van der Waals surface area contributed by atoms with Crippen LogP contribution in [-0.4, -0.2) is 74.0 Å². The van der Waals surface area contributed by atoms with Crippen molar-refractivity contribution < 1.29 is 39.0 Å².